The molecule has 0 aliphatic heterocycles. The Kier molecular flexibility index (Phi) is 5.01. The summed E-state index contributed by atoms with van der Waals surface area (Å²) >= 11 is 0. The van der Waals surface area contributed by atoms with Crippen LogP contribution in [0.5, 0.6) is 5.75 Å². The molecule has 0 aliphatic carbocycles. The first kappa shape index (κ1) is 13.9. The largest absolute Gasteiger partial charge is 0.423 e. The third kappa shape index (κ3) is 4.75. The summed E-state index contributed by atoms with van der Waals surface area (Å²) in [6.07, 6.45) is 3.00. The normalized spacial score (nSPS) is 10.8. The van der Waals surface area contributed by atoms with Gasteiger partial charge in [0.15, 0.2) is 0 Å². The molecule has 0 saturated heterocycles. The Morgan fingerprint density at radius 3 is 2.50 bits per heavy atom. The number of non-ortho nitro benzene ring substituents is 1. The summed E-state index contributed by atoms with van der Waals surface area (Å²) in [6.45, 7) is 0.634. The Balaban J connectivity index is 2.54. The summed E-state index contributed by atoms with van der Waals surface area (Å²) in [5, 5.41) is 10.4. The lowest BCUT2D eigenvalue weighted by Crippen LogP contribution is -2.11. The molecule has 96 valence electrons. The number of rotatable bonds is 5. The molecule has 6 heteroatoms. The van der Waals surface area contributed by atoms with E-state index >= 15 is 0 Å². The highest BCUT2D eigenvalue weighted by Crippen LogP contribution is 2.17. The van der Waals surface area contributed by atoms with Crippen molar-refractivity contribution in [2.75, 3.05) is 20.6 Å². The maximum Gasteiger partial charge on any atom is 0.335 e. The van der Waals surface area contributed by atoms with Gasteiger partial charge in [-0.2, -0.15) is 0 Å². The molecule has 1 rings (SSSR count). The van der Waals surface area contributed by atoms with Gasteiger partial charge in [0.05, 0.1) is 4.92 Å². The first-order valence-corrected chi connectivity index (χ1v) is 5.26. The highest BCUT2D eigenvalue weighted by Gasteiger charge is 2.06. The fourth-order valence-corrected chi connectivity index (χ4v) is 1.15. The zero-order chi connectivity index (χ0) is 13.5. The lowest BCUT2D eigenvalue weighted by molar-refractivity contribution is -0.384. The van der Waals surface area contributed by atoms with E-state index in [1.807, 2.05) is 19.0 Å². The van der Waals surface area contributed by atoms with Crippen LogP contribution in [0.15, 0.2) is 36.4 Å². The van der Waals surface area contributed by atoms with Crippen molar-refractivity contribution in [1.29, 1.82) is 0 Å². The second-order valence-electron chi connectivity index (χ2n) is 3.84. The number of likely N-dealkylation sites (N-methyl/N-ethyl adjacent to an activating group) is 1. The molecule has 0 amide bonds. The summed E-state index contributed by atoms with van der Waals surface area (Å²) in [7, 11) is 3.76. The molecule has 0 radical (unpaired) electrons. The fraction of sp³-hybridized carbons (Fsp3) is 0.250. The van der Waals surface area contributed by atoms with Gasteiger partial charge in [-0.3, -0.25) is 10.1 Å². The van der Waals surface area contributed by atoms with Crippen molar-refractivity contribution in [3.63, 3.8) is 0 Å². The zero-order valence-corrected chi connectivity index (χ0v) is 10.2. The molecular formula is C12H14N2O4. The fourth-order valence-electron chi connectivity index (χ4n) is 1.15. The van der Waals surface area contributed by atoms with Crippen LogP contribution >= 0.6 is 0 Å². The van der Waals surface area contributed by atoms with Crippen LogP contribution in [0.2, 0.25) is 0 Å². The summed E-state index contributed by atoms with van der Waals surface area (Å²) < 4.78 is 4.96. The third-order valence-electron chi connectivity index (χ3n) is 1.99. The Labute approximate surface area is 105 Å². The van der Waals surface area contributed by atoms with Gasteiger partial charge in [0.25, 0.3) is 5.69 Å². The number of nitro benzene ring substituents is 1. The average Bonchev–Trinajstić information content (AvgIpc) is 2.29. The SMILES string of the molecule is CN(C)C/C=C/C(=O)Oc1ccc([N+](=O)[O-])cc1. The van der Waals surface area contributed by atoms with E-state index in [2.05, 4.69) is 0 Å². The lowest BCUT2D eigenvalue weighted by atomic mass is 10.3. The number of carbonyl (C=O) groups excluding carboxylic acids is 1. The number of nitro groups is 1. The minimum absolute atomic E-state index is 0.0436. The maximum atomic E-state index is 11.4. The topological polar surface area (TPSA) is 72.7 Å². The third-order valence-corrected chi connectivity index (χ3v) is 1.99. The number of hydrogen-bond acceptors (Lipinski definition) is 5. The van der Waals surface area contributed by atoms with Gasteiger partial charge in [0, 0.05) is 24.8 Å². The van der Waals surface area contributed by atoms with Crippen molar-refractivity contribution in [1.82, 2.24) is 4.90 Å². The first-order valence-electron chi connectivity index (χ1n) is 5.26. The van der Waals surface area contributed by atoms with E-state index in [9.17, 15) is 14.9 Å². The number of ether oxygens (including phenoxy) is 1. The Bertz CT molecular complexity index is 452. The number of esters is 1. The van der Waals surface area contributed by atoms with Crippen molar-refractivity contribution in [3.05, 3.63) is 46.5 Å². The van der Waals surface area contributed by atoms with E-state index in [0.29, 0.717) is 6.54 Å². The highest BCUT2D eigenvalue weighted by atomic mass is 16.6. The van der Waals surface area contributed by atoms with Crippen LogP contribution in [-0.4, -0.2) is 36.4 Å². The van der Waals surface area contributed by atoms with Crippen LogP contribution in [0.4, 0.5) is 5.69 Å². The maximum absolute atomic E-state index is 11.4. The van der Waals surface area contributed by atoms with Gasteiger partial charge in [-0.05, 0) is 26.2 Å². The van der Waals surface area contributed by atoms with Crippen molar-refractivity contribution in [2.24, 2.45) is 0 Å². The van der Waals surface area contributed by atoms with Crippen LogP contribution in [-0.2, 0) is 4.79 Å². The number of benzene rings is 1. The average molecular weight is 250 g/mol. The van der Waals surface area contributed by atoms with Gasteiger partial charge in [-0.25, -0.2) is 4.79 Å². The van der Waals surface area contributed by atoms with Crippen LogP contribution in [0.25, 0.3) is 0 Å². The minimum atomic E-state index is -0.511. The van der Waals surface area contributed by atoms with Crippen molar-refractivity contribution in [3.8, 4) is 5.75 Å². The molecule has 0 unspecified atom stereocenters. The van der Waals surface area contributed by atoms with Gasteiger partial charge in [-0.15, -0.1) is 0 Å². The summed E-state index contributed by atoms with van der Waals surface area (Å²) in [6, 6.07) is 5.34. The van der Waals surface area contributed by atoms with Crippen LogP contribution < -0.4 is 4.74 Å². The summed E-state index contributed by atoms with van der Waals surface area (Å²) in [5.74, 6) is -0.231. The molecule has 0 spiro atoms. The molecule has 0 heterocycles. The van der Waals surface area contributed by atoms with Gasteiger partial charge in [0.1, 0.15) is 5.75 Å². The van der Waals surface area contributed by atoms with Gasteiger partial charge < -0.3 is 9.64 Å². The quantitative estimate of drug-likeness (QED) is 0.261. The lowest BCUT2D eigenvalue weighted by Gasteiger charge is -2.04. The van der Waals surface area contributed by atoms with Gasteiger partial charge in [0.2, 0.25) is 0 Å². The molecule has 0 aromatic heterocycles. The van der Waals surface area contributed by atoms with Crippen molar-refractivity contribution in [2.45, 2.75) is 0 Å². The number of carbonyl (C=O) groups is 1. The Morgan fingerprint density at radius 2 is 2.00 bits per heavy atom. The molecule has 0 N–H and O–H groups in total. The first-order chi connectivity index (χ1) is 8.49. The second kappa shape index (κ2) is 6.51. The minimum Gasteiger partial charge on any atom is -0.423 e. The second-order valence-corrected chi connectivity index (χ2v) is 3.84. The van der Waals surface area contributed by atoms with E-state index in [1.165, 1.54) is 30.3 Å². The van der Waals surface area contributed by atoms with Crippen LogP contribution in [0, 0.1) is 10.1 Å². The Hall–Kier alpha value is -2.21. The molecular weight excluding hydrogens is 236 g/mol. The molecule has 0 atom stereocenters. The smallest absolute Gasteiger partial charge is 0.335 e. The molecule has 0 bridgehead atoms. The van der Waals surface area contributed by atoms with E-state index in [4.69, 9.17) is 4.74 Å². The number of hydrogen-bond donors (Lipinski definition) is 0. The van der Waals surface area contributed by atoms with E-state index in [-0.39, 0.29) is 11.4 Å². The highest BCUT2D eigenvalue weighted by molar-refractivity contribution is 5.84. The van der Waals surface area contributed by atoms with Crippen LogP contribution in [0.3, 0.4) is 0 Å². The van der Waals surface area contributed by atoms with Crippen LogP contribution in [0.1, 0.15) is 0 Å². The number of nitrogens with zero attached hydrogens (tertiary/aromatic N) is 2. The van der Waals surface area contributed by atoms with E-state index in [1.54, 1.807) is 6.08 Å². The molecule has 0 fully saturated rings. The van der Waals surface area contributed by atoms with Crippen molar-refractivity contribution >= 4 is 11.7 Å². The molecule has 6 nitrogen and oxygen atoms in total. The Morgan fingerprint density at radius 1 is 1.39 bits per heavy atom. The predicted octanol–water partition coefficient (Wildman–Crippen LogP) is 1.62. The molecule has 0 saturated carbocycles. The zero-order valence-electron chi connectivity index (χ0n) is 10.2. The standard InChI is InChI=1S/C12H14N2O4/c1-13(2)9-3-4-12(15)18-11-7-5-10(6-8-11)14(16)17/h3-8H,9H2,1-2H3/b4-3+. The van der Waals surface area contributed by atoms with Gasteiger partial charge >= 0.3 is 5.97 Å². The molecule has 18 heavy (non-hydrogen) atoms. The molecule has 1 aromatic carbocycles. The summed E-state index contributed by atoms with van der Waals surface area (Å²) in [4.78, 5) is 23.2. The summed E-state index contributed by atoms with van der Waals surface area (Å²) in [5.41, 5.74) is -0.0436. The molecule has 1 aromatic rings. The van der Waals surface area contributed by atoms with E-state index < -0.39 is 10.9 Å². The molecule has 0 aliphatic rings. The van der Waals surface area contributed by atoms with Crippen molar-refractivity contribution < 1.29 is 14.5 Å². The predicted molar refractivity (Wildman–Crippen MR) is 66.4 cm³/mol. The van der Waals surface area contributed by atoms with E-state index in [0.717, 1.165) is 0 Å². The van der Waals surface area contributed by atoms with Gasteiger partial charge in [-0.1, -0.05) is 6.08 Å². The monoisotopic (exact) mass is 250 g/mol.